The van der Waals surface area contributed by atoms with Gasteiger partial charge in [0.2, 0.25) is 0 Å². The van der Waals surface area contributed by atoms with Crippen molar-refractivity contribution < 1.29 is 0 Å². The van der Waals surface area contributed by atoms with Crippen molar-refractivity contribution in [3.05, 3.63) is 80.9 Å². The van der Waals surface area contributed by atoms with Crippen molar-refractivity contribution in [1.82, 2.24) is 5.43 Å². The quantitative estimate of drug-likeness (QED) is 0.399. The highest BCUT2D eigenvalue weighted by molar-refractivity contribution is 14.1. The molecule has 0 saturated carbocycles. The predicted octanol–water partition coefficient (Wildman–Crippen LogP) is 4.31. The maximum absolute atomic E-state index is 5.89. The van der Waals surface area contributed by atoms with Gasteiger partial charge in [-0.3, -0.25) is 5.84 Å². The number of nitrogens with two attached hydrogens (primary N) is 1. The molecule has 1 atom stereocenters. The third-order valence-electron chi connectivity index (χ3n) is 3.83. The predicted molar refractivity (Wildman–Crippen MR) is 97.0 cm³/mol. The van der Waals surface area contributed by atoms with Gasteiger partial charge in [0.25, 0.3) is 0 Å². The number of hydrazine groups is 1. The minimum absolute atomic E-state index is 0.0112. The first-order valence-electron chi connectivity index (χ1n) is 6.91. The Morgan fingerprint density at radius 2 is 1.57 bits per heavy atom. The summed E-state index contributed by atoms with van der Waals surface area (Å²) in [6.07, 6.45) is 0. The zero-order valence-electron chi connectivity index (χ0n) is 11.8. The third-order valence-corrected chi connectivity index (χ3v) is 5.31. The summed E-state index contributed by atoms with van der Waals surface area (Å²) in [5, 5.41) is 2.47. The van der Waals surface area contributed by atoms with Crippen LogP contribution in [0.3, 0.4) is 0 Å². The first-order valence-corrected chi connectivity index (χ1v) is 7.99. The van der Waals surface area contributed by atoms with Gasteiger partial charge in [-0.15, -0.1) is 0 Å². The summed E-state index contributed by atoms with van der Waals surface area (Å²) in [5.74, 6) is 5.89. The van der Waals surface area contributed by atoms with Crippen LogP contribution in [0.2, 0.25) is 0 Å². The molecule has 2 nitrogen and oxygen atoms in total. The van der Waals surface area contributed by atoms with Crippen molar-refractivity contribution in [3.8, 4) is 0 Å². The number of hydrogen-bond donors (Lipinski definition) is 2. The van der Waals surface area contributed by atoms with E-state index in [1.165, 1.54) is 31.0 Å². The van der Waals surface area contributed by atoms with Crippen LogP contribution in [0.1, 0.15) is 22.7 Å². The van der Waals surface area contributed by atoms with E-state index in [0.717, 1.165) is 0 Å². The lowest BCUT2D eigenvalue weighted by Crippen LogP contribution is -2.29. The van der Waals surface area contributed by atoms with Crippen LogP contribution in [-0.4, -0.2) is 0 Å². The molecule has 3 heteroatoms. The fraction of sp³-hybridized carbons (Fsp3) is 0.111. The normalized spacial score (nSPS) is 12.5. The summed E-state index contributed by atoms with van der Waals surface area (Å²) in [7, 11) is 0. The van der Waals surface area contributed by atoms with Gasteiger partial charge in [-0.2, -0.15) is 0 Å². The Hall–Kier alpha value is -1.43. The molecule has 3 N–H and O–H groups in total. The van der Waals surface area contributed by atoms with Crippen LogP contribution >= 0.6 is 22.6 Å². The zero-order valence-corrected chi connectivity index (χ0v) is 14.0. The highest BCUT2D eigenvalue weighted by atomic mass is 127. The molecule has 0 saturated heterocycles. The highest BCUT2D eigenvalue weighted by Gasteiger charge is 2.18. The van der Waals surface area contributed by atoms with E-state index in [9.17, 15) is 0 Å². The van der Waals surface area contributed by atoms with Crippen molar-refractivity contribution in [2.45, 2.75) is 13.0 Å². The third kappa shape index (κ3) is 2.69. The van der Waals surface area contributed by atoms with Crippen molar-refractivity contribution in [2.24, 2.45) is 5.84 Å². The van der Waals surface area contributed by atoms with E-state index in [1.54, 1.807) is 0 Å². The van der Waals surface area contributed by atoms with E-state index in [4.69, 9.17) is 5.84 Å². The molecule has 3 rings (SSSR count). The first kappa shape index (κ1) is 14.5. The van der Waals surface area contributed by atoms with Crippen LogP contribution < -0.4 is 11.3 Å². The molecule has 1 unspecified atom stereocenters. The fourth-order valence-electron chi connectivity index (χ4n) is 2.74. The van der Waals surface area contributed by atoms with Gasteiger partial charge in [-0.1, -0.05) is 60.7 Å². The van der Waals surface area contributed by atoms with Crippen LogP contribution in [0.4, 0.5) is 0 Å². The molecule has 21 heavy (non-hydrogen) atoms. The van der Waals surface area contributed by atoms with Gasteiger partial charge < -0.3 is 0 Å². The molecule has 3 aromatic carbocycles. The fourth-order valence-corrected chi connectivity index (χ4v) is 3.41. The van der Waals surface area contributed by atoms with Crippen LogP contribution in [0.25, 0.3) is 10.8 Å². The monoisotopic (exact) mass is 388 g/mol. The number of halogens is 1. The topological polar surface area (TPSA) is 38.0 Å². The molecule has 0 amide bonds. The van der Waals surface area contributed by atoms with Gasteiger partial charge in [-0.25, -0.2) is 5.43 Å². The van der Waals surface area contributed by atoms with Crippen LogP contribution in [-0.2, 0) is 0 Å². The van der Waals surface area contributed by atoms with E-state index in [0.29, 0.717) is 0 Å². The highest BCUT2D eigenvalue weighted by Crippen LogP contribution is 2.31. The number of nitrogens with one attached hydrogen (secondary N) is 1. The molecule has 0 aliphatic rings. The standard InChI is InChI=1S/C18H17IN2/c1-12-6-4-11-16(17(12)19)18(21-20)15-10-5-8-13-7-2-3-9-14(13)15/h2-11,18,21H,20H2,1H3. The van der Waals surface area contributed by atoms with E-state index in [1.807, 2.05) is 0 Å². The molecule has 0 heterocycles. The maximum atomic E-state index is 5.89. The Morgan fingerprint density at radius 1 is 0.905 bits per heavy atom. The van der Waals surface area contributed by atoms with Gasteiger partial charge >= 0.3 is 0 Å². The molecule has 0 aliphatic carbocycles. The zero-order chi connectivity index (χ0) is 14.8. The van der Waals surface area contributed by atoms with Gasteiger partial charge in [0.05, 0.1) is 6.04 Å². The van der Waals surface area contributed by atoms with E-state index in [-0.39, 0.29) is 6.04 Å². The summed E-state index contributed by atoms with van der Waals surface area (Å²) >= 11 is 2.40. The number of fused-ring (bicyclic) bond motifs is 1. The smallest absolute Gasteiger partial charge is 0.0726 e. The van der Waals surface area contributed by atoms with Crippen molar-refractivity contribution >= 4 is 33.4 Å². The second kappa shape index (κ2) is 6.13. The average Bonchev–Trinajstić information content (AvgIpc) is 2.52. The lowest BCUT2D eigenvalue weighted by Gasteiger charge is -2.21. The Labute approximate surface area is 138 Å². The van der Waals surface area contributed by atoms with Crippen molar-refractivity contribution in [3.63, 3.8) is 0 Å². The molecule has 0 aromatic heterocycles. The molecule has 0 spiro atoms. The molecule has 3 aromatic rings. The lowest BCUT2D eigenvalue weighted by atomic mass is 9.93. The van der Waals surface area contributed by atoms with E-state index >= 15 is 0 Å². The first-order chi connectivity index (χ1) is 10.2. The maximum Gasteiger partial charge on any atom is 0.0726 e. The summed E-state index contributed by atoms with van der Waals surface area (Å²) in [6, 6.07) is 21.1. The van der Waals surface area contributed by atoms with Crippen molar-refractivity contribution in [2.75, 3.05) is 0 Å². The Balaban J connectivity index is 2.21. The minimum atomic E-state index is -0.0112. The molecular formula is C18H17IN2. The number of benzene rings is 3. The second-order valence-corrected chi connectivity index (χ2v) is 6.22. The van der Waals surface area contributed by atoms with Crippen LogP contribution in [0, 0.1) is 10.5 Å². The van der Waals surface area contributed by atoms with Crippen molar-refractivity contribution in [1.29, 1.82) is 0 Å². The molecule has 0 radical (unpaired) electrons. The Morgan fingerprint density at radius 3 is 2.38 bits per heavy atom. The molecule has 106 valence electrons. The van der Waals surface area contributed by atoms with Gasteiger partial charge in [0.1, 0.15) is 0 Å². The van der Waals surface area contributed by atoms with Gasteiger partial charge in [0.15, 0.2) is 0 Å². The van der Waals surface area contributed by atoms with Crippen LogP contribution in [0.5, 0.6) is 0 Å². The van der Waals surface area contributed by atoms with E-state index < -0.39 is 0 Å². The largest absolute Gasteiger partial charge is 0.271 e. The number of rotatable bonds is 3. The SMILES string of the molecule is Cc1cccc(C(NN)c2cccc3ccccc23)c1I. The molecule has 0 fully saturated rings. The second-order valence-electron chi connectivity index (χ2n) is 5.15. The van der Waals surface area contributed by atoms with Gasteiger partial charge in [-0.05, 0) is 57.0 Å². The van der Waals surface area contributed by atoms with E-state index in [2.05, 4.69) is 95.6 Å². The average molecular weight is 388 g/mol. The summed E-state index contributed by atoms with van der Waals surface area (Å²) in [5.41, 5.74) is 6.69. The summed E-state index contributed by atoms with van der Waals surface area (Å²) < 4.78 is 1.26. The Kier molecular flexibility index (Phi) is 4.24. The van der Waals surface area contributed by atoms with Gasteiger partial charge in [0, 0.05) is 3.57 Å². The molecule has 0 bridgehead atoms. The summed E-state index contributed by atoms with van der Waals surface area (Å²) in [4.78, 5) is 0. The van der Waals surface area contributed by atoms with Crippen LogP contribution in [0.15, 0.2) is 60.7 Å². The lowest BCUT2D eigenvalue weighted by molar-refractivity contribution is 0.638. The Bertz CT molecular complexity index is 778. The molecule has 0 aliphatic heterocycles. The number of hydrogen-bond acceptors (Lipinski definition) is 2. The summed E-state index contributed by atoms with van der Waals surface area (Å²) in [6.45, 7) is 2.13. The molecular weight excluding hydrogens is 371 g/mol. The minimum Gasteiger partial charge on any atom is -0.271 e. The number of aryl methyl sites for hydroxylation is 1.